The van der Waals surface area contributed by atoms with Crippen molar-refractivity contribution in [2.24, 2.45) is 0 Å². The van der Waals surface area contributed by atoms with Crippen LogP contribution in [0.4, 0.5) is 10.5 Å². The van der Waals surface area contributed by atoms with Gasteiger partial charge in [0.2, 0.25) is 0 Å². The molecule has 8 heteroatoms. The highest BCUT2D eigenvalue weighted by Crippen LogP contribution is 2.28. The Kier molecular flexibility index (Phi) is 5.85. The first-order valence-electron chi connectivity index (χ1n) is 9.66. The number of hydrogen-bond donors (Lipinski definition) is 2. The van der Waals surface area contributed by atoms with Crippen LogP contribution in [0.15, 0.2) is 54.6 Å². The Morgan fingerprint density at radius 3 is 2.81 bits per heavy atom. The number of rotatable bonds is 5. The number of para-hydroxylation sites is 1. The summed E-state index contributed by atoms with van der Waals surface area (Å²) in [6, 6.07) is 16.4. The van der Waals surface area contributed by atoms with Crippen molar-refractivity contribution in [3.05, 3.63) is 65.9 Å². The Bertz CT molecular complexity index is 1160. The molecule has 2 amide bonds. The van der Waals surface area contributed by atoms with E-state index in [1.165, 1.54) is 0 Å². The van der Waals surface area contributed by atoms with E-state index in [1.807, 2.05) is 48.5 Å². The molecule has 0 bridgehead atoms. The molecular weight excluding hydrogens is 396 g/mol. The Balaban J connectivity index is 1.34. The van der Waals surface area contributed by atoms with Gasteiger partial charge in [-0.1, -0.05) is 24.0 Å². The van der Waals surface area contributed by atoms with Gasteiger partial charge in [-0.05, 0) is 42.5 Å². The number of nitrogens with zero attached hydrogens (tertiary/aromatic N) is 2. The number of hydrogen-bond acceptors (Lipinski definition) is 5. The van der Waals surface area contributed by atoms with Crippen molar-refractivity contribution in [3.63, 3.8) is 0 Å². The molecule has 1 fully saturated rings. The molecule has 0 unspecified atom stereocenters. The number of carbonyl (C=O) groups excluding carboxylic acids is 2. The molecule has 0 spiro atoms. The van der Waals surface area contributed by atoms with Crippen molar-refractivity contribution < 1.29 is 19.1 Å². The SMILES string of the molecule is COc1ccccc1-c1cc(C(=O)NCC#Cc2ccc(N3CCOC3=O)cc2)[nH]n1. The minimum Gasteiger partial charge on any atom is -0.496 e. The molecule has 31 heavy (non-hydrogen) atoms. The zero-order valence-electron chi connectivity index (χ0n) is 16.8. The molecule has 1 aliphatic rings. The number of cyclic esters (lactones) is 1. The van der Waals surface area contributed by atoms with Gasteiger partial charge in [-0.15, -0.1) is 0 Å². The van der Waals surface area contributed by atoms with Gasteiger partial charge in [-0.25, -0.2) is 4.79 Å². The Hall–Kier alpha value is -4.25. The molecule has 156 valence electrons. The van der Waals surface area contributed by atoms with Crippen molar-refractivity contribution in [1.82, 2.24) is 15.5 Å². The average molecular weight is 416 g/mol. The molecule has 0 radical (unpaired) electrons. The highest BCUT2D eigenvalue weighted by molar-refractivity contribution is 5.93. The van der Waals surface area contributed by atoms with Gasteiger partial charge in [0.25, 0.3) is 5.91 Å². The summed E-state index contributed by atoms with van der Waals surface area (Å²) in [6.45, 7) is 1.13. The molecule has 2 N–H and O–H groups in total. The van der Waals surface area contributed by atoms with Crippen LogP contribution in [0.2, 0.25) is 0 Å². The van der Waals surface area contributed by atoms with E-state index in [0.29, 0.717) is 30.3 Å². The van der Waals surface area contributed by atoms with Gasteiger partial charge >= 0.3 is 6.09 Å². The number of methoxy groups -OCH3 is 1. The normalized spacial score (nSPS) is 12.7. The minimum absolute atomic E-state index is 0.183. The number of benzene rings is 2. The zero-order chi connectivity index (χ0) is 21.6. The number of aromatic nitrogens is 2. The van der Waals surface area contributed by atoms with Gasteiger partial charge < -0.3 is 14.8 Å². The van der Waals surface area contributed by atoms with E-state index in [1.54, 1.807) is 18.1 Å². The third kappa shape index (κ3) is 4.51. The Morgan fingerprint density at radius 2 is 2.06 bits per heavy atom. The second-order valence-electron chi connectivity index (χ2n) is 6.66. The fourth-order valence-electron chi connectivity index (χ4n) is 3.15. The lowest BCUT2D eigenvalue weighted by Crippen LogP contribution is -2.23. The van der Waals surface area contributed by atoms with E-state index < -0.39 is 0 Å². The van der Waals surface area contributed by atoms with Crippen LogP contribution in [0.25, 0.3) is 11.3 Å². The monoisotopic (exact) mass is 416 g/mol. The second kappa shape index (κ2) is 9.05. The zero-order valence-corrected chi connectivity index (χ0v) is 16.8. The van der Waals surface area contributed by atoms with Crippen LogP contribution in [-0.2, 0) is 4.74 Å². The molecule has 8 nitrogen and oxygen atoms in total. The summed E-state index contributed by atoms with van der Waals surface area (Å²) in [7, 11) is 1.59. The van der Waals surface area contributed by atoms with Crippen LogP contribution in [0.5, 0.6) is 5.75 Å². The molecule has 2 aromatic carbocycles. The van der Waals surface area contributed by atoms with Crippen molar-refractivity contribution in [1.29, 1.82) is 0 Å². The van der Waals surface area contributed by atoms with E-state index in [9.17, 15) is 9.59 Å². The topological polar surface area (TPSA) is 96.5 Å². The van der Waals surface area contributed by atoms with Gasteiger partial charge in [0.05, 0.1) is 25.9 Å². The maximum absolute atomic E-state index is 12.3. The third-order valence-corrected chi connectivity index (χ3v) is 4.72. The van der Waals surface area contributed by atoms with Crippen LogP contribution < -0.4 is 15.0 Å². The molecule has 0 atom stereocenters. The molecule has 1 aliphatic heterocycles. The maximum atomic E-state index is 12.3. The van der Waals surface area contributed by atoms with Crippen molar-refractivity contribution >= 4 is 17.7 Å². The number of anilines is 1. The highest BCUT2D eigenvalue weighted by atomic mass is 16.6. The molecule has 0 saturated carbocycles. The lowest BCUT2D eigenvalue weighted by molar-refractivity contribution is 0.0953. The number of aromatic amines is 1. The fourth-order valence-corrected chi connectivity index (χ4v) is 3.15. The quantitative estimate of drug-likeness (QED) is 0.624. The number of carbonyl (C=O) groups is 2. The molecule has 1 aromatic heterocycles. The van der Waals surface area contributed by atoms with Gasteiger partial charge in [-0.3, -0.25) is 14.8 Å². The molecule has 3 aromatic rings. The van der Waals surface area contributed by atoms with E-state index in [4.69, 9.17) is 9.47 Å². The lowest BCUT2D eigenvalue weighted by Gasteiger charge is -2.11. The smallest absolute Gasteiger partial charge is 0.414 e. The first-order valence-corrected chi connectivity index (χ1v) is 9.66. The Morgan fingerprint density at radius 1 is 1.26 bits per heavy atom. The first-order chi connectivity index (χ1) is 15.2. The van der Waals surface area contributed by atoms with Crippen LogP contribution in [0, 0.1) is 11.8 Å². The van der Waals surface area contributed by atoms with E-state index in [0.717, 1.165) is 16.8 Å². The molecule has 2 heterocycles. The van der Waals surface area contributed by atoms with Crippen LogP contribution >= 0.6 is 0 Å². The summed E-state index contributed by atoms with van der Waals surface area (Å²) in [5.74, 6) is 6.28. The fraction of sp³-hybridized carbons (Fsp3) is 0.174. The molecule has 0 aliphatic carbocycles. The van der Waals surface area contributed by atoms with Crippen molar-refractivity contribution in [2.45, 2.75) is 0 Å². The van der Waals surface area contributed by atoms with Gasteiger partial charge in [-0.2, -0.15) is 5.10 Å². The highest BCUT2D eigenvalue weighted by Gasteiger charge is 2.23. The summed E-state index contributed by atoms with van der Waals surface area (Å²) in [6.07, 6.45) is -0.339. The summed E-state index contributed by atoms with van der Waals surface area (Å²) < 4.78 is 10.3. The molecular formula is C23H20N4O4. The summed E-state index contributed by atoms with van der Waals surface area (Å²) >= 11 is 0. The van der Waals surface area contributed by atoms with Crippen molar-refractivity contribution in [3.8, 4) is 28.8 Å². The largest absolute Gasteiger partial charge is 0.496 e. The molecule has 4 rings (SSSR count). The lowest BCUT2D eigenvalue weighted by atomic mass is 10.1. The van der Waals surface area contributed by atoms with Gasteiger partial charge in [0.1, 0.15) is 18.1 Å². The first kappa shape index (κ1) is 20.0. The second-order valence-corrected chi connectivity index (χ2v) is 6.66. The van der Waals surface area contributed by atoms with E-state index in [2.05, 4.69) is 27.4 Å². The van der Waals surface area contributed by atoms with E-state index >= 15 is 0 Å². The van der Waals surface area contributed by atoms with Crippen LogP contribution in [-0.4, -0.2) is 49.0 Å². The summed E-state index contributed by atoms with van der Waals surface area (Å²) in [5, 5.41) is 9.68. The standard InChI is InChI=1S/C23H20N4O4/c1-30-21-7-3-2-6-18(21)19-15-20(26-25-19)22(28)24-12-4-5-16-8-10-17(11-9-16)27-13-14-31-23(27)29/h2-3,6-11,15H,12-14H2,1H3,(H,24,28)(H,25,26). The third-order valence-electron chi connectivity index (χ3n) is 4.72. The number of nitrogens with one attached hydrogen (secondary N) is 2. The van der Waals surface area contributed by atoms with Crippen LogP contribution in [0.3, 0.4) is 0 Å². The number of ether oxygens (including phenoxy) is 2. The molecule has 1 saturated heterocycles. The number of H-pyrrole nitrogens is 1. The number of amides is 2. The Labute approximate surface area is 179 Å². The van der Waals surface area contributed by atoms with Gasteiger partial charge in [0, 0.05) is 16.8 Å². The minimum atomic E-state index is -0.339. The average Bonchev–Trinajstić information content (AvgIpc) is 3.46. The van der Waals surface area contributed by atoms with Crippen molar-refractivity contribution in [2.75, 3.05) is 31.7 Å². The summed E-state index contributed by atoms with van der Waals surface area (Å²) in [5.41, 5.74) is 3.31. The predicted molar refractivity (Wildman–Crippen MR) is 115 cm³/mol. The van der Waals surface area contributed by atoms with Gasteiger partial charge in [0.15, 0.2) is 0 Å². The van der Waals surface area contributed by atoms with Crippen LogP contribution in [0.1, 0.15) is 16.1 Å². The summed E-state index contributed by atoms with van der Waals surface area (Å²) in [4.78, 5) is 25.5. The van der Waals surface area contributed by atoms with E-state index in [-0.39, 0.29) is 18.5 Å². The maximum Gasteiger partial charge on any atom is 0.414 e. The predicted octanol–water partition coefficient (Wildman–Crippen LogP) is 2.82.